The fourth-order valence-corrected chi connectivity index (χ4v) is 3.32. The summed E-state index contributed by atoms with van der Waals surface area (Å²) in [7, 11) is 0. The zero-order valence-electron chi connectivity index (χ0n) is 11.9. The third-order valence-electron chi connectivity index (χ3n) is 4.51. The number of aliphatic hydroxyl groups excluding tert-OH is 1. The molecule has 0 aromatic rings. The van der Waals surface area contributed by atoms with Crippen LogP contribution >= 0.6 is 0 Å². The van der Waals surface area contributed by atoms with E-state index in [9.17, 15) is 18.3 Å². The minimum Gasteiger partial charge on any atom is -0.392 e. The number of halogens is 3. The van der Waals surface area contributed by atoms with Gasteiger partial charge in [-0.05, 0) is 18.8 Å². The standard InChI is InChI=1S/C14H25F3N2O/c15-14(16,17)11-19-8-6-18(7-9-19)10-13(20)12-4-2-1-3-5-12/h12-13,20H,1-11H2. The SMILES string of the molecule is OC(CN1CCN(CC(F)(F)F)CC1)C1CCCCC1. The van der Waals surface area contributed by atoms with Gasteiger partial charge in [0.15, 0.2) is 0 Å². The maximum absolute atomic E-state index is 12.3. The minimum absolute atomic E-state index is 0.315. The molecule has 1 aliphatic heterocycles. The maximum atomic E-state index is 12.3. The number of hydrogen-bond acceptors (Lipinski definition) is 3. The summed E-state index contributed by atoms with van der Waals surface area (Å²) >= 11 is 0. The molecule has 1 saturated carbocycles. The van der Waals surface area contributed by atoms with E-state index in [4.69, 9.17) is 0 Å². The largest absolute Gasteiger partial charge is 0.401 e. The van der Waals surface area contributed by atoms with E-state index >= 15 is 0 Å². The number of aliphatic hydroxyl groups is 1. The minimum atomic E-state index is -4.11. The van der Waals surface area contributed by atoms with E-state index in [1.54, 1.807) is 0 Å². The van der Waals surface area contributed by atoms with Crippen molar-refractivity contribution in [3.05, 3.63) is 0 Å². The van der Waals surface area contributed by atoms with Crippen LogP contribution in [0.2, 0.25) is 0 Å². The van der Waals surface area contributed by atoms with E-state index in [2.05, 4.69) is 4.90 Å². The van der Waals surface area contributed by atoms with Crippen LogP contribution in [0.1, 0.15) is 32.1 Å². The van der Waals surface area contributed by atoms with Crippen molar-refractivity contribution in [1.29, 1.82) is 0 Å². The van der Waals surface area contributed by atoms with Gasteiger partial charge in [-0.3, -0.25) is 9.80 Å². The normalized spacial score (nSPS) is 25.8. The number of nitrogens with zero attached hydrogens (tertiary/aromatic N) is 2. The van der Waals surface area contributed by atoms with Crippen molar-refractivity contribution in [1.82, 2.24) is 9.80 Å². The average Bonchev–Trinajstić information content (AvgIpc) is 2.40. The van der Waals surface area contributed by atoms with Crippen LogP contribution in [-0.4, -0.2) is 66.5 Å². The Morgan fingerprint density at radius 3 is 2.05 bits per heavy atom. The van der Waals surface area contributed by atoms with Crippen molar-refractivity contribution < 1.29 is 18.3 Å². The summed E-state index contributed by atoms with van der Waals surface area (Å²) in [6, 6.07) is 0. The molecule has 3 nitrogen and oxygen atoms in total. The Morgan fingerprint density at radius 1 is 0.950 bits per heavy atom. The van der Waals surface area contributed by atoms with Crippen molar-refractivity contribution in [3.63, 3.8) is 0 Å². The van der Waals surface area contributed by atoms with Crippen LogP contribution in [-0.2, 0) is 0 Å². The molecule has 0 aromatic carbocycles. The van der Waals surface area contributed by atoms with Crippen LogP contribution in [0, 0.1) is 5.92 Å². The third-order valence-corrected chi connectivity index (χ3v) is 4.51. The smallest absolute Gasteiger partial charge is 0.392 e. The van der Waals surface area contributed by atoms with Crippen LogP contribution in [0.25, 0.3) is 0 Å². The van der Waals surface area contributed by atoms with Crippen molar-refractivity contribution in [2.75, 3.05) is 39.3 Å². The summed E-state index contributed by atoms with van der Waals surface area (Å²) < 4.78 is 36.9. The summed E-state index contributed by atoms with van der Waals surface area (Å²) in [5.74, 6) is 0.386. The molecule has 0 radical (unpaired) electrons. The van der Waals surface area contributed by atoms with Gasteiger partial charge in [0.25, 0.3) is 0 Å². The fraction of sp³-hybridized carbons (Fsp3) is 1.00. The second-order valence-electron chi connectivity index (χ2n) is 6.16. The molecule has 6 heteroatoms. The van der Waals surface area contributed by atoms with E-state index in [0.29, 0.717) is 38.6 Å². The predicted molar refractivity (Wildman–Crippen MR) is 71.5 cm³/mol. The van der Waals surface area contributed by atoms with Gasteiger partial charge in [0.1, 0.15) is 0 Å². The molecule has 118 valence electrons. The molecule has 2 aliphatic rings. The molecule has 1 heterocycles. The molecule has 1 atom stereocenters. The van der Waals surface area contributed by atoms with Crippen LogP contribution < -0.4 is 0 Å². The Kier molecular flexibility index (Phi) is 5.69. The molecule has 2 fully saturated rings. The van der Waals surface area contributed by atoms with E-state index in [0.717, 1.165) is 12.8 Å². The maximum Gasteiger partial charge on any atom is 0.401 e. The zero-order chi connectivity index (χ0) is 14.6. The molecule has 1 aliphatic carbocycles. The number of β-amino-alcohol motifs (C(OH)–C–C–N with tert-alkyl or cyclic N) is 1. The van der Waals surface area contributed by atoms with Crippen LogP contribution in [0.3, 0.4) is 0 Å². The van der Waals surface area contributed by atoms with E-state index in [-0.39, 0.29) is 6.10 Å². The summed E-state index contributed by atoms with van der Waals surface area (Å²) in [5, 5.41) is 10.2. The quantitative estimate of drug-likeness (QED) is 0.860. The molecule has 2 rings (SSSR count). The molecule has 0 aromatic heterocycles. The van der Waals surface area contributed by atoms with Gasteiger partial charge in [-0.15, -0.1) is 0 Å². The second kappa shape index (κ2) is 7.09. The second-order valence-corrected chi connectivity index (χ2v) is 6.16. The Bertz CT molecular complexity index is 285. The monoisotopic (exact) mass is 294 g/mol. The molecule has 1 unspecified atom stereocenters. The average molecular weight is 294 g/mol. The summed E-state index contributed by atoms with van der Waals surface area (Å²) in [4.78, 5) is 3.55. The lowest BCUT2D eigenvalue weighted by atomic mass is 9.85. The van der Waals surface area contributed by atoms with Gasteiger partial charge in [-0.2, -0.15) is 13.2 Å². The summed E-state index contributed by atoms with van der Waals surface area (Å²) in [6.45, 7) is 1.93. The van der Waals surface area contributed by atoms with Gasteiger partial charge < -0.3 is 5.11 Å². The molecular weight excluding hydrogens is 269 g/mol. The number of rotatable bonds is 4. The first-order valence-corrected chi connectivity index (χ1v) is 7.63. The van der Waals surface area contributed by atoms with Crippen LogP contribution in [0.4, 0.5) is 13.2 Å². The Hall–Kier alpha value is -0.330. The highest BCUT2D eigenvalue weighted by Gasteiger charge is 2.32. The fourth-order valence-electron chi connectivity index (χ4n) is 3.32. The van der Waals surface area contributed by atoms with Gasteiger partial charge in [0.05, 0.1) is 12.6 Å². The number of alkyl halides is 3. The topological polar surface area (TPSA) is 26.7 Å². The predicted octanol–water partition coefficient (Wildman–Crippen LogP) is 2.11. The zero-order valence-corrected chi connectivity index (χ0v) is 11.9. The Balaban J connectivity index is 1.68. The lowest BCUT2D eigenvalue weighted by Gasteiger charge is -2.37. The van der Waals surface area contributed by atoms with Gasteiger partial charge in [0, 0.05) is 32.7 Å². The van der Waals surface area contributed by atoms with Gasteiger partial charge in [0.2, 0.25) is 0 Å². The van der Waals surface area contributed by atoms with Gasteiger partial charge in [-0.25, -0.2) is 0 Å². The lowest BCUT2D eigenvalue weighted by molar-refractivity contribution is -0.149. The summed E-state index contributed by atoms with van der Waals surface area (Å²) in [5.41, 5.74) is 0. The first kappa shape index (κ1) is 16.0. The number of piperazine rings is 1. The number of hydrogen-bond donors (Lipinski definition) is 1. The molecule has 1 saturated heterocycles. The highest BCUT2D eigenvalue weighted by Crippen LogP contribution is 2.27. The molecule has 0 amide bonds. The van der Waals surface area contributed by atoms with Crippen LogP contribution in [0.5, 0.6) is 0 Å². The van der Waals surface area contributed by atoms with Crippen LogP contribution in [0.15, 0.2) is 0 Å². The lowest BCUT2D eigenvalue weighted by Crippen LogP contribution is -2.51. The first-order valence-electron chi connectivity index (χ1n) is 7.63. The Labute approximate surface area is 118 Å². The molecule has 0 bridgehead atoms. The van der Waals surface area contributed by atoms with Crippen molar-refractivity contribution in [3.8, 4) is 0 Å². The third kappa shape index (κ3) is 5.22. The first-order chi connectivity index (χ1) is 9.44. The van der Waals surface area contributed by atoms with Crippen molar-refractivity contribution in [2.45, 2.75) is 44.4 Å². The van der Waals surface area contributed by atoms with E-state index in [1.165, 1.54) is 24.2 Å². The molecule has 0 spiro atoms. The van der Waals surface area contributed by atoms with E-state index in [1.807, 2.05) is 0 Å². The van der Waals surface area contributed by atoms with Gasteiger partial charge >= 0.3 is 6.18 Å². The van der Waals surface area contributed by atoms with Gasteiger partial charge in [-0.1, -0.05) is 19.3 Å². The molecular formula is C14H25F3N2O. The molecule has 1 N–H and O–H groups in total. The van der Waals surface area contributed by atoms with Crippen molar-refractivity contribution in [2.24, 2.45) is 5.92 Å². The highest BCUT2D eigenvalue weighted by molar-refractivity contribution is 4.80. The highest BCUT2D eigenvalue weighted by atomic mass is 19.4. The summed E-state index contributed by atoms with van der Waals surface area (Å²) in [6.07, 6.45) is 1.42. The molecule has 20 heavy (non-hydrogen) atoms. The Morgan fingerprint density at radius 2 is 1.50 bits per heavy atom. The van der Waals surface area contributed by atoms with Crippen molar-refractivity contribution >= 4 is 0 Å². The van der Waals surface area contributed by atoms with E-state index < -0.39 is 12.7 Å².